The molecule has 156 valence electrons. The first kappa shape index (κ1) is 22.2. The molecule has 1 aromatic carbocycles. The first-order valence-electron chi connectivity index (χ1n) is 9.79. The Morgan fingerprint density at radius 3 is 2.57 bits per heavy atom. The lowest BCUT2D eigenvalue weighted by atomic mass is 10.1. The van der Waals surface area contributed by atoms with Crippen molar-refractivity contribution in [2.75, 3.05) is 13.2 Å². The van der Waals surface area contributed by atoms with Crippen LogP contribution < -0.4 is 10.6 Å². The zero-order valence-electron chi connectivity index (χ0n) is 17.2. The largest absolute Gasteiger partial charge is 0.444 e. The number of ether oxygens (including phenoxy) is 3. The minimum Gasteiger partial charge on any atom is -0.444 e. The van der Waals surface area contributed by atoms with E-state index in [1.54, 1.807) is 27.7 Å². The van der Waals surface area contributed by atoms with Gasteiger partial charge < -0.3 is 24.8 Å². The van der Waals surface area contributed by atoms with E-state index in [9.17, 15) is 9.59 Å². The first-order valence-corrected chi connectivity index (χ1v) is 9.79. The summed E-state index contributed by atoms with van der Waals surface area (Å²) in [5, 5.41) is 5.50. The molecule has 28 heavy (non-hydrogen) atoms. The van der Waals surface area contributed by atoms with Crippen LogP contribution in [0.5, 0.6) is 0 Å². The van der Waals surface area contributed by atoms with Gasteiger partial charge in [-0.1, -0.05) is 30.3 Å². The van der Waals surface area contributed by atoms with E-state index in [2.05, 4.69) is 10.6 Å². The van der Waals surface area contributed by atoms with Gasteiger partial charge >= 0.3 is 6.09 Å². The van der Waals surface area contributed by atoms with Gasteiger partial charge in [0.25, 0.3) is 0 Å². The van der Waals surface area contributed by atoms with Crippen LogP contribution in [-0.2, 0) is 25.6 Å². The highest BCUT2D eigenvalue weighted by Gasteiger charge is 2.30. The Kier molecular flexibility index (Phi) is 8.26. The Labute approximate surface area is 167 Å². The number of benzene rings is 1. The van der Waals surface area contributed by atoms with Crippen LogP contribution in [-0.4, -0.2) is 49.0 Å². The summed E-state index contributed by atoms with van der Waals surface area (Å²) in [5.41, 5.74) is 0.335. The summed E-state index contributed by atoms with van der Waals surface area (Å²) in [7, 11) is 0. The Hall–Kier alpha value is -2.12. The molecule has 7 nitrogen and oxygen atoms in total. The quantitative estimate of drug-likeness (QED) is 0.710. The van der Waals surface area contributed by atoms with Gasteiger partial charge in [-0.2, -0.15) is 0 Å². The third kappa shape index (κ3) is 7.86. The molecule has 0 bridgehead atoms. The van der Waals surface area contributed by atoms with Crippen LogP contribution in [0.4, 0.5) is 4.79 Å². The van der Waals surface area contributed by atoms with Crippen molar-refractivity contribution in [1.82, 2.24) is 10.6 Å². The monoisotopic (exact) mass is 392 g/mol. The molecule has 0 unspecified atom stereocenters. The Morgan fingerprint density at radius 1 is 1.25 bits per heavy atom. The molecule has 0 saturated carbocycles. The highest BCUT2D eigenvalue weighted by molar-refractivity contribution is 5.86. The molecule has 1 fully saturated rings. The molecule has 0 aromatic heterocycles. The van der Waals surface area contributed by atoms with Crippen molar-refractivity contribution in [1.29, 1.82) is 0 Å². The number of carbonyl (C=O) groups excluding carboxylic acids is 2. The van der Waals surface area contributed by atoms with Crippen LogP contribution in [0.3, 0.4) is 0 Å². The van der Waals surface area contributed by atoms with Gasteiger partial charge in [-0.05, 0) is 46.1 Å². The summed E-state index contributed by atoms with van der Waals surface area (Å²) < 4.78 is 16.7. The molecule has 2 rings (SSSR count). The summed E-state index contributed by atoms with van der Waals surface area (Å²) in [6.45, 7) is 8.55. The summed E-state index contributed by atoms with van der Waals surface area (Å²) in [5.74, 6) is -0.318. The maximum atomic E-state index is 12.7. The minimum absolute atomic E-state index is 0.0201. The van der Waals surface area contributed by atoms with Gasteiger partial charge in [0.15, 0.2) is 0 Å². The fraction of sp³-hybridized carbons (Fsp3) is 0.619. The second kappa shape index (κ2) is 10.4. The number of alkyl carbamates (subject to hydrolysis) is 1. The lowest BCUT2D eigenvalue weighted by Crippen LogP contribution is -2.54. The molecule has 2 N–H and O–H groups in total. The highest BCUT2D eigenvalue weighted by Crippen LogP contribution is 2.12. The molecule has 1 aliphatic rings. The standard InChI is InChI=1S/C21H32N2O5/c1-15(27-14-16-9-6-5-7-10-16)18(23-20(25)28-21(2,3)4)19(24)22-13-17-11-8-12-26-17/h5-7,9-10,15,17-18H,8,11-14H2,1-4H3,(H,22,24)(H,23,25)/t15-,17+,18+/m1/s1. The normalized spacial score (nSPS) is 18.9. The maximum absolute atomic E-state index is 12.7. The molecule has 3 atom stereocenters. The molecule has 2 amide bonds. The third-order valence-electron chi connectivity index (χ3n) is 4.31. The van der Waals surface area contributed by atoms with Gasteiger partial charge in [0, 0.05) is 13.2 Å². The third-order valence-corrected chi connectivity index (χ3v) is 4.31. The summed E-state index contributed by atoms with van der Waals surface area (Å²) in [6.07, 6.45) is 0.741. The van der Waals surface area contributed by atoms with E-state index in [0.29, 0.717) is 13.2 Å². The number of rotatable bonds is 8. The topological polar surface area (TPSA) is 85.9 Å². The van der Waals surface area contributed by atoms with Gasteiger partial charge in [0.2, 0.25) is 5.91 Å². The predicted molar refractivity (Wildman–Crippen MR) is 106 cm³/mol. The van der Waals surface area contributed by atoms with Crippen molar-refractivity contribution >= 4 is 12.0 Å². The molecule has 7 heteroatoms. The van der Waals surface area contributed by atoms with Crippen LogP contribution in [0.2, 0.25) is 0 Å². The van der Waals surface area contributed by atoms with Crippen LogP contribution in [0.1, 0.15) is 46.1 Å². The molecule has 0 radical (unpaired) electrons. The lowest BCUT2D eigenvalue weighted by Gasteiger charge is -2.27. The molecule has 1 aliphatic heterocycles. The number of amides is 2. The number of hydrogen-bond acceptors (Lipinski definition) is 5. The van der Waals surface area contributed by atoms with E-state index >= 15 is 0 Å². The average Bonchev–Trinajstić information content (AvgIpc) is 3.15. The van der Waals surface area contributed by atoms with Crippen LogP contribution >= 0.6 is 0 Å². The van der Waals surface area contributed by atoms with E-state index in [0.717, 1.165) is 25.0 Å². The van der Waals surface area contributed by atoms with Crippen molar-refractivity contribution in [3.8, 4) is 0 Å². The lowest BCUT2D eigenvalue weighted by molar-refractivity contribution is -0.127. The summed E-state index contributed by atoms with van der Waals surface area (Å²) in [6, 6.07) is 8.79. The Bertz CT molecular complexity index is 623. The predicted octanol–water partition coefficient (Wildman–Crippen LogP) is 2.78. The molecule has 1 aromatic rings. The second-order valence-electron chi connectivity index (χ2n) is 8.01. The SMILES string of the molecule is C[C@@H](OCc1ccccc1)[C@H](NC(=O)OC(C)(C)C)C(=O)NC[C@@H]1CCCO1. The van der Waals surface area contributed by atoms with E-state index in [1.165, 1.54) is 0 Å². The molecular formula is C21H32N2O5. The number of hydrogen-bond donors (Lipinski definition) is 2. The summed E-state index contributed by atoms with van der Waals surface area (Å²) in [4.78, 5) is 25.0. The summed E-state index contributed by atoms with van der Waals surface area (Å²) >= 11 is 0. The van der Waals surface area contributed by atoms with Gasteiger partial charge in [-0.15, -0.1) is 0 Å². The van der Waals surface area contributed by atoms with Crippen LogP contribution in [0.15, 0.2) is 30.3 Å². The van der Waals surface area contributed by atoms with Crippen molar-refractivity contribution in [2.45, 2.75) is 71.0 Å². The molecule has 0 spiro atoms. The maximum Gasteiger partial charge on any atom is 0.408 e. The zero-order chi connectivity index (χ0) is 20.6. The second-order valence-corrected chi connectivity index (χ2v) is 8.01. The van der Waals surface area contributed by atoms with Crippen LogP contribution in [0, 0.1) is 0 Å². The van der Waals surface area contributed by atoms with Crippen molar-refractivity contribution in [3.05, 3.63) is 35.9 Å². The van der Waals surface area contributed by atoms with E-state index in [-0.39, 0.29) is 12.0 Å². The molecule has 1 saturated heterocycles. The highest BCUT2D eigenvalue weighted by atomic mass is 16.6. The number of carbonyl (C=O) groups is 2. The fourth-order valence-corrected chi connectivity index (χ4v) is 2.86. The number of nitrogens with one attached hydrogen (secondary N) is 2. The van der Waals surface area contributed by atoms with Gasteiger partial charge in [0.05, 0.1) is 18.8 Å². The Balaban J connectivity index is 1.96. The minimum atomic E-state index is -0.875. The van der Waals surface area contributed by atoms with E-state index in [1.807, 2.05) is 30.3 Å². The molecule has 0 aliphatic carbocycles. The van der Waals surface area contributed by atoms with Crippen molar-refractivity contribution in [2.24, 2.45) is 0 Å². The average molecular weight is 392 g/mol. The molecule has 1 heterocycles. The molecular weight excluding hydrogens is 360 g/mol. The first-order chi connectivity index (χ1) is 13.2. The zero-order valence-corrected chi connectivity index (χ0v) is 17.2. The Morgan fingerprint density at radius 2 is 1.96 bits per heavy atom. The fourth-order valence-electron chi connectivity index (χ4n) is 2.86. The van der Waals surface area contributed by atoms with Gasteiger partial charge in [-0.25, -0.2) is 4.79 Å². The van der Waals surface area contributed by atoms with Gasteiger partial charge in [0.1, 0.15) is 11.6 Å². The van der Waals surface area contributed by atoms with E-state index < -0.39 is 23.8 Å². The van der Waals surface area contributed by atoms with Crippen LogP contribution in [0.25, 0.3) is 0 Å². The van der Waals surface area contributed by atoms with Gasteiger partial charge in [-0.3, -0.25) is 4.79 Å². The van der Waals surface area contributed by atoms with Crippen molar-refractivity contribution in [3.63, 3.8) is 0 Å². The van der Waals surface area contributed by atoms with E-state index in [4.69, 9.17) is 14.2 Å². The van der Waals surface area contributed by atoms with Crippen molar-refractivity contribution < 1.29 is 23.8 Å². The smallest absolute Gasteiger partial charge is 0.408 e.